The number of nitrogens with zero attached hydrogens (tertiary/aromatic N) is 4. The van der Waals surface area contributed by atoms with Crippen molar-refractivity contribution in [3.05, 3.63) is 11.7 Å². The number of aryl methyl sites for hydroxylation is 1. The monoisotopic (exact) mass is 271 g/mol. The van der Waals surface area contributed by atoms with Crippen LogP contribution in [0.25, 0.3) is 0 Å². The van der Waals surface area contributed by atoms with Crippen molar-refractivity contribution in [1.29, 1.82) is 0 Å². The van der Waals surface area contributed by atoms with Gasteiger partial charge in [0.2, 0.25) is 11.0 Å². The van der Waals surface area contributed by atoms with Gasteiger partial charge in [0.1, 0.15) is 0 Å². The number of aromatic nitrogens is 4. The molecule has 0 spiro atoms. The van der Waals surface area contributed by atoms with Crippen LogP contribution < -0.4 is 5.32 Å². The molecule has 0 saturated heterocycles. The molecule has 0 aliphatic carbocycles. The van der Waals surface area contributed by atoms with Gasteiger partial charge < -0.3 is 9.84 Å². The van der Waals surface area contributed by atoms with Crippen LogP contribution in [0.3, 0.4) is 0 Å². The summed E-state index contributed by atoms with van der Waals surface area (Å²) in [6, 6.07) is 0. The molecule has 17 heavy (non-hydrogen) atoms. The smallest absolute Gasteiger partial charge is 0.239 e. The Morgan fingerprint density at radius 2 is 2.29 bits per heavy atom. The average Bonchev–Trinajstić information content (AvgIpc) is 2.88. The van der Waals surface area contributed by atoms with E-state index in [1.165, 1.54) is 11.3 Å². The van der Waals surface area contributed by atoms with Gasteiger partial charge in [0.25, 0.3) is 0 Å². The molecule has 0 radical (unpaired) electrons. The minimum atomic E-state index is 0.0821. The van der Waals surface area contributed by atoms with Gasteiger partial charge in [0.05, 0.1) is 5.25 Å². The molecule has 2 aromatic heterocycles. The lowest BCUT2D eigenvalue weighted by Gasteiger charge is -2.01. The zero-order valence-electron chi connectivity index (χ0n) is 9.80. The van der Waals surface area contributed by atoms with E-state index < -0.39 is 0 Å². The third-order valence-electron chi connectivity index (χ3n) is 1.90. The van der Waals surface area contributed by atoms with Crippen molar-refractivity contribution in [2.45, 2.75) is 30.4 Å². The molecule has 0 aromatic carbocycles. The minimum absolute atomic E-state index is 0.0821. The fourth-order valence-corrected chi connectivity index (χ4v) is 3.15. The molecule has 92 valence electrons. The van der Waals surface area contributed by atoms with Gasteiger partial charge in [-0.25, -0.2) is 0 Å². The Hall–Kier alpha value is -1.15. The number of anilines is 1. The highest BCUT2D eigenvalue weighted by Gasteiger charge is 2.16. The molecular weight excluding hydrogens is 258 g/mol. The van der Waals surface area contributed by atoms with Gasteiger partial charge in [0.15, 0.2) is 10.2 Å². The summed E-state index contributed by atoms with van der Waals surface area (Å²) in [6.07, 6.45) is 0. The number of thioether (sulfide) groups is 1. The quantitative estimate of drug-likeness (QED) is 0.837. The topological polar surface area (TPSA) is 76.7 Å². The van der Waals surface area contributed by atoms with E-state index >= 15 is 0 Å². The fourth-order valence-electron chi connectivity index (χ4n) is 1.16. The molecular formula is C9H13N5OS2. The fraction of sp³-hybridized carbons (Fsp3) is 0.556. The maximum absolute atomic E-state index is 5.11. The predicted molar refractivity (Wildman–Crippen MR) is 67.4 cm³/mol. The van der Waals surface area contributed by atoms with E-state index in [0.717, 1.165) is 16.0 Å². The van der Waals surface area contributed by atoms with Crippen LogP contribution in [-0.4, -0.2) is 26.9 Å². The van der Waals surface area contributed by atoms with Gasteiger partial charge in [-0.15, -0.1) is 10.2 Å². The molecule has 1 N–H and O–H groups in total. The molecule has 1 atom stereocenters. The summed E-state index contributed by atoms with van der Waals surface area (Å²) < 4.78 is 6.00. The van der Waals surface area contributed by atoms with Crippen LogP contribution in [0, 0.1) is 6.92 Å². The first-order valence-electron chi connectivity index (χ1n) is 5.23. The lowest BCUT2D eigenvalue weighted by molar-refractivity contribution is 0.376. The maximum Gasteiger partial charge on any atom is 0.239 e. The Bertz CT molecular complexity index is 483. The Morgan fingerprint density at radius 3 is 2.94 bits per heavy atom. The zero-order valence-corrected chi connectivity index (χ0v) is 11.4. The van der Waals surface area contributed by atoms with Crippen molar-refractivity contribution in [2.24, 2.45) is 0 Å². The summed E-state index contributed by atoms with van der Waals surface area (Å²) in [5, 5.41) is 15.9. The molecule has 1 unspecified atom stereocenters. The second kappa shape index (κ2) is 5.46. The lowest BCUT2D eigenvalue weighted by Crippen LogP contribution is -1.94. The summed E-state index contributed by atoms with van der Waals surface area (Å²) >= 11 is 3.09. The molecule has 0 saturated carbocycles. The van der Waals surface area contributed by atoms with Crippen molar-refractivity contribution in [2.75, 3.05) is 11.9 Å². The summed E-state index contributed by atoms with van der Waals surface area (Å²) in [4.78, 5) is 4.19. The summed E-state index contributed by atoms with van der Waals surface area (Å²) in [5.74, 6) is 1.27. The third-order valence-corrected chi connectivity index (χ3v) is 3.96. The van der Waals surface area contributed by atoms with Gasteiger partial charge in [-0.2, -0.15) is 4.98 Å². The van der Waals surface area contributed by atoms with Crippen LogP contribution in [0.5, 0.6) is 0 Å². The minimum Gasteiger partial charge on any atom is -0.360 e. The Morgan fingerprint density at radius 1 is 1.47 bits per heavy atom. The second-order valence-corrected chi connectivity index (χ2v) is 5.91. The van der Waals surface area contributed by atoms with E-state index in [4.69, 9.17) is 4.52 Å². The van der Waals surface area contributed by atoms with Crippen molar-refractivity contribution in [1.82, 2.24) is 20.3 Å². The number of nitrogens with one attached hydrogen (secondary N) is 1. The van der Waals surface area contributed by atoms with E-state index in [1.54, 1.807) is 18.7 Å². The van der Waals surface area contributed by atoms with Crippen molar-refractivity contribution in [3.63, 3.8) is 0 Å². The predicted octanol–water partition coefficient (Wildman–Crippen LogP) is 2.51. The number of hydrogen-bond donors (Lipinski definition) is 1. The van der Waals surface area contributed by atoms with Gasteiger partial charge in [-0.05, 0) is 20.8 Å². The van der Waals surface area contributed by atoms with E-state index in [0.29, 0.717) is 11.7 Å². The molecule has 8 heteroatoms. The van der Waals surface area contributed by atoms with Crippen LogP contribution in [0.1, 0.15) is 30.8 Å². The highest BCUT2D eigenvalue weighted by molar-refractivity contribution is 8.01. The standard InChI is InChI=1S/C9H13N5OS2/c1-4-10-8-12-13-9(17-8)16-5(2)7-11-6(3)14-15-7/h5H,4H2,1-3H3,(H,10,12). The number of rotatable bonds is 5. The molecule has 0 fully saturated rings. The highest BCUT2D eigenvalue weighted by Crippen LogP contribution is 2.36. The molecule has 2 rings (SSSR count). The Kier molecular flexibility index (Phi) is 3.95. The van der Waals surface area contributed by atoms with Crippen molar-refractivity contribution < 1.29 is 4.52 Å². The van der Waals surface area contributed by atoms with Gasteiger partial charge in [0, 0.05) is 6.54 Å². The van der Waals surface area contributed by atoms with E-state index in [9.17, 15) is 0 Å². The van der Waals surface area contributed by atoms with Gasteiger partial charge in [-0.1, -0.05) is 28.3 Å². The normalized spacial score (nSPS) is 12.6. The first-order chi connectivity index (χ1) is 8.19. The van der Waals surface area contributed by atoms with Crippen LogP contribution in [0.4, 0.5) is 5.13 Å². The van der Waals surface area contributed by atoms with E-state index in [1.807, 2.05) is 13.8 Å². The SMILES string of the molecule is CCNc1nnc(SC(C)c2nc(C)no2)s1. The summed E-state index contributed by atoms with van der Waals surface area (Å²) in [5.41, 5.74) is 0. The molecule has 2 heterocycles. The van der Waals surface area contributed by atoms with E-state index in [2.05, 4.69) is 25.7 Å². The summed E-state index contributed by atoms with van der Waals surface area (Å²) in [6.45, 7) is 6.68. The van der Waals surface area contributed by atoms with Crippen LogP contribution in [0.15, 0.2) is 8.86 Å². The molecule has 6 nitrogen and oxygen atoms in total. The lowest BCUT2D eigenvalue weighted by atomic mass is 10.5. The van der Waals surface area contributed by atoms with Crippen LogP contribution in [-0.2, 0) is 0 Å². The number of hydrogen-bond acceptors (Lipinski definition) is 8. The van der Waals surface area contributed by atoms with Crippen LogP contribution in [0.2, 0.25) is 0 Å². The largest absolute Gasteiger partial charge is 0.360 e. The first-order valence-corrected chi connectivity index (χ1v) is 6.93. The van der Waals surface area contributed by atoms with Crippen molar-refractivity contribution >= 4 is 28.2 Å². The van der Waals surface area contributed by atoms with E-state index in [-0.39, 0.29) is 5.25 Å². The highest BCUT2D eigenvalue weighted by atomic mass is 32.2. The molecule has 0 bridgehead atoms. The molecule has 2 aromatic rings. The van der Waals surface area contributed by atoms with Gasteiger partial charge >= 0.3 is 0 Å². The third kappa shape index (κ3) is 3.16. The Balaban J connectivity index is 1.99. The zero-order chi connectivity index (χ0) is 12.3. The second-order valence-electron chi connectivity index (χ2n) is 3.34. The summed E-state index contributed by atoms with van der Waals surface area (Å²) in [7, 11) is 0. The van der Waals surface area contributed by atoms with Gasteiger partial charge in [-0.3, -0.25) is 0 Å². The molecule has 0 aliphatic heterocycles. The first kappa shape index (κ1) is 12.3. The Labute approximate surface area is 107 Å². The average molecular weight is 271 g/mol. The van der Waals surface area contributed by atoms with Crippen LogP contribution >= 0.6 is 23.1 Å². The molecule has 0 aliphatic rings. The van der Waals surface area contributed by atoms with Crippen molar-refractivity contribution in [3.8, 4) is 0 Å². The maximum atomic E-state index is 5.11. The molecule has 0 amide bonds.